The zero-order valence-electron chi connectivity index (χ0n) is 11.5. The van der Waals surface area contributed by atoms with E-state index in [4.69, 9.17) is 0 Å². The molecule has 0 saturated carbocycles. The molecule has 0 fully saturated rings. The largest absolute Gasteiger partial charge is 0.391 e. The first-order valence-electron chi connectivity index (χ1n) is 6.08. The van der Waals surface area contributed by atoms with Crippen LogP contribution in [0.15, 0.2) is 23.1 Å². The summed E-state index contributed by atoms with van der Waals surface area (Å²) in [4.78, 5) is 9.90. The van der Waals surface area contributed by atoms with Crippen LogP contribution in [0.3, 0.4) is 0 Å². The number of hydrogen-bond donors (Lipinski definition) is 2. The van der Waals surface area contributed by atoms with E-state index in [-0.39, 0.29) is 23.0 Å². The number of nitrogens with one attached hydrogen (secondary N) is 1. The lowest BCUT2D eigenvalue weighted by molar-refractivity contribution is -0.385. The molecule has 0 heterocycles. The van der Waals surface area contributed by atoms with Gasteiger partial charge in [0.2, 0.25) is 10.0 Å². The maximum atomic E-state index is 12.1. The number of rotatable bonds is 6. The summed E-state index contributed by atoms with van der Waals surface area (Å²) in [6.45, 7) is 4.94. The van der Waals surface area contributed by atoms with E-state index in [2.05, 4.69) is 4.72 Å². The van der Waals surface area contributed by atoms with Crippen molar-refractivity contribution in [1.82, 2.24) is 4.72 Å². The molecule has 1 rings (SSSR count). The molecule has 2 N–H and O–H groups in total. The fourth-order valence-electron chi connectivity index (χ4n) is 1.50. The Labute approximate surface area is 117 Å². The SMILES string of the molecule is Cc1ccc([N+](=O)[O-])cc1S(=O)(=O)NCC(O)C(C)C. The molecular weight excluding hydrogens is 284 g/mol. The van der Waals surface area contributed by atoms with Gasteiger partial charge in [0.15, 0.2) is 0 Å². The molecule has 1 aromatic rings. The molecule has 0 aliphatic heterocycles. The predicted molar refractivity (Wildman–Crippen MR) is 73.9 cm³/mol. The lowest BCUT2D eigenvalue weighted by atomic mass is 10.1. The first kappa shape index (κ1) is 16.5. The van der Waals surface area contributed by atoms with Crippen LogP contribution < -0.4 is 4.72 Å². The van der Waals surface area contributed by atoms with E-state index in [1.807, 2.05) is 0 Å². The fraction of sp³-hybridized carbons (Fsp3) is 0.500. The summed E-state index contributed by atoms with van der Waals surface area (Å²) in [7, 11) is -3.89. The van der Waals surface area contributed by atoms with Gasteiger partial charge in [-0.3, -0.25) is 10.1 Å². The average Bonchev–Trinajstić information content (AvgIpc) is 2.35. The quantitative estimate of drug-likeness (QED) is 0.606. The van der Waals surface area contributed by atoms with Gasteiger partial charge in [-0.25, -0.2) is 13.1 Å². The second-order valence-corrected chi connectivity index (χ2v) is 6.61. The van der Waals surface area contributed by atoms with E-state index in [1.165, 1.54) is 12.1 Å². The van der Waals surface area contributed by atoms with Gasteiger partial charge in [-0.15, -0.1) is 0 Å². The molecule has 1 atom stereocenters. The number of nitrogens with zero attached hydrogens (tertiary/aromatic N) is 1. The zero-order chi connectivity index (χ0) is 15.5. The highest BCUT2D eigenvalue weighted by molar-refractivity contribution is 7.89. The minimum atomic E-state index is -3.89. The standard InChI is InChI=1S/C12H18N2O5S/c1-8(2)11(15)7-13-20(18,19)12-6-10(14(16)17)5-4-9(12)3/h4-6,8,11,13,15H,7H2,1-3H3. The normalized spacial score (nSPS) is 13.4. The molecule has 1 aromatic carbocycles. The lowest BCUT2D eigenvalue weighted by Gasteiger charge is -2.15. The summed E-state index contributed by atoms with van der Waals surface area (Å²) in [5.74, 6) is -0.0936. The Balaban J connectivity index is 3.03. The minimum Gasteiger partial charge on any atom is -0.391 e. The van der Waals surface area contributed by atoms with Gasteiger partial charge < -0.3 is 5.11 Å². The van der Waals surface area contributed by atoms with Crippen LogP contribution in [0.1, 0.15) is 19.4 Å². The molecule has 0 aromatic heterocycles. The van der Waals surface area contributed by atoms with E-state index in [0.717, 1.165) is 6.07 Å². The Morgan fingerprint density at radius 2 is 2.00 bits per heavy atom. The van der Waals surface area contributed by atoms with Gasteiger partial charge in [-0.1, -0.05) is 19.9 Å². The predicted octanol–water partition coefficient (Wildman–Crippen LogP) is 1.20. The van der Waals surface area contributed by atoms with Crippen molar-refractivity contribution in [3.63, 3.8) is 0 Å². The summed E-state index contributed by atoms with van der Waals surface area (Å²) in [6, 6.07) is 3.64. The molecule has 0 bridgehead atoms. The zero-order valence-corrected chi connectivity index (χ0v) is 12.3. The van der Waals surface area contributed by atoms with Gasteiger partial charge in [0.05, 0.1) is 15.9 Å². The molecule has 112 valence electrons. The van der Waals surface area contributed by atoms with Crippen molar-refractivity contribution in [2.45, 2.75) is 31.8 Å². The Bertz CT molecular complexity index is 598. The topological polar surface area (TPSA) is 110 Å². The summed E-state index contributed by atoms with van der Waals surface area (Å²) >= 11 is 0. The molecule has 0 spiro atoms. The fourth-order valence-corrected chi connectivity index (χ4v) is 2.81. The van der Waals surface area contributed by atoms with Crippen molar-refractivity contribution in [1.29, 1.82) is 0 Å². The number of aliphatic hydroxyl groups is 1. The molecule has 0 radical (unpaired) electrons. The van der Waals surface area contributed by atoms with Crippen molar-refractivity contribution in [3.05, 3.63) is 33.9 Å². The van der Waals surface area contributed by atoms with Crippen LogP contribution in [0.4, 0.5) is 5.69 Å². The summed E-state index contributed by atoms with van der Waals surface area (Å²) < 4.78 is 26.5. The second-order valence-electron chi connectivity index (χ2n) is 4.87. The highest BCUT2D eigenvalue weighted by Gasteiger charge is 2.22. The van der Waals surface area contributed by atoms with Gasteiger partial charge in [0.25, 0.3) is 5.69 Å². The third kappa shape index (κ3) is 3.99. The van der Waals surface area contributed by atoms with Gasteiger partial charge in [0, 0.05) is 18.7 Å². The summed E-state index contributed by atoms with van der Waals surface area (Å²) in [5.41, 5.74) is 0.113. The van der Waals surface area contributed by atoms with Gasteiger partial charge >= 0.3 is 0 Å². The first-order chi connectivity index (χ1) is 9.15. The summed E-state index contributed by atoms with van der Waals surface area (Å²) in [5, 5.41) is 20.3. The van der Waals surface area contributed by atoms with Gasteiger partial charge in [-0.2, -0.15) is 0 Å². The average molecular weight is 302 g/mol. The monoisotopic (exact) mass is 302 g/mol. The van der Waals surface area contributed by atoms with Crippen molar-refractivity contribution in [2.75, 3.05) is 6.54 Å². The Morgan fingerprint density at radius 3 is 2.50 bits per heavy atom. The molecule has 0 saturated heterocycles. The van der Waals surface area contributed by atoms with Crippen LogP contribution in [-0.2, 0) is 10.0 Å². The second kappa shape index (κ2) is 6.29. The van der Waals surface area contributed by atoms with Crippen molar-refractivity contribution < 1.29 is 18.4 Å². The number of hydrogen-bond acceptors (Lipinski definition) is 5. The van der Waals surface area contributed by atoms with Crippen LogP contribution in [0.25, 0.3) is 0 Å². The van der Waals surface area contributed by atoms with Crippen molar-refractivity contribution in [3.8, 4) is 0 Å². The molecule has 0 aliphatic carbocycles. The Kier molecular flexibility index (Phi) is 5.21. The van der Waals surface area contributed by atoms with Gasteiger partial charge in [0.1, 0.15) is 0 Å². The van der Waals surface area contributed by atoms with E-state index in [1.54, 1.807) is 20.8 Å². The molecule has 8 heteroatoms. The van der Waals surface area contributed by atoms with Crippen LogP contribution >= 0.6 is 0 Å². The maximum Gasteiger partial charge on any atom is 0.270 e. The Morgan fingerprint density at radius 1 is 1.40 bits per heavy atom. The number of aliphatic hydroxyl groups excluding tert-OH is 1. The smallest absolute Gasteiger partial charge is 0.270 e. The Hall–Kier alpha value is -1.51. The highest BCUT2D eigenvalue weighted by atomic mass is 32.2. The van der Waals surface area contributed by atoms with E-state index in [0.29, 0.717) is 5.56 Å². The van der Waals surface area contributed by atoms with Crippen LogP contribution in [0.2, 0.25) is 0 Å². The lowest BCUT2D eigenvalue weighted by Crippen LogP contribution is -2.35. The van der Waals surface area contributed by atoms with Crippen molar-refractivity contribution in [2.24, 2.45) is 5.92 Å². The maximum absolute atomic E-state index is 12.1. The molecule has 0 amide bonds. The van der Waals surface area contributed by atoms with Crippen molar-refractivity contribution >= 4 is 15.7 Å². The number of nitro groups is 1. The van der Waals surface area contributed by atoms with E-state index >= 15 is 0 Å². The highest BCUT2D eigenvalue weighted by Crippen LogP contribution is 2.21. The van der Waals surface area contributed by atoms with Crippen LogP contribution in [-0.4, -0.2) is 31.1 Å². The number of nitro benzene ring substituents is 1. The van der Waals surface area contributed by atoms with E-state index in [9.17, 15) is 23.6 Å². The molecule has 20 heavy (non-hydrogen) atoms. The molecule has 1 unspecified atom stereocenters. The third-order valence-corrected chi connectivity index (χ3v) is 4.49. The number of aryl methyl sites for hydroxylation is 1. The molecule has 7 nitrogen and oxygen atoms in total. The van der Waals surface area contributed by atoms with Crippen LogP contribution in [0.5, 0.6) is 0 Å². The number of non-ortho nitro benzene ring substituents is 1. The molecule has 0 aliphatic rings. The third-order valence-electron chi connectivity index (χ3n) is 2.92. The number of sulfonamides is 1. The van der Waals surface area contributed by atoms with E-state index < -0.39 is 21.1 Å². The van der Waals surface area contributed by atoms with Gasteiger partial charge in [-0.05, 0) is 18.4 Å². The summed E-state index contributed by atoms with van der Waals surface area (Å²) in [6.07, 6.45) is -0.816. The first-order valence-corrected chi connectivity index (χ1v) is 7.56. The molecular formula is C12H18N2O5S. The number of benzene rings is 1. The van der Waals surface area contributed by atoms with Crippen LogP contribution in [0, 0.1) is 23.0 Å². The minimum absolute atomic E-state index is 0.0936.